The summed E-state index contributed by atoms with van der Waals surface area (Å²) in [4.78, 5) is 0. The van der Waals surface area contributed by atoms with Crippen LogP contribution in [-0.2, 0) is 12.7 Å². The van der Waals surface area contributed by atoms with Crippen LogP contribution in [0.15, 0.2) is 36.5 Å². The number of aromatic nitrogens is 1. The summed E-state index contributed by atoms with van der Waals surface area (Å²) < 4.78 is 111. The number of benzene rings is 2. The summed E-state index contributed by atoms with van der Waals surface area (Å²) in [6, 6.07) is 1.82. The normalized spacial score (nSPS) is 14.2. The summed E-state index contributed by atoms with van der Waals surface area (Å²) in [6.45, 7) is 5.59. The number of hydrogen-bond donors (Lipinski definition) is 1. The van der Waals surface area contributed by atoms with E-state index in [0.717, 1.165) is 30.5 Å². The van der Waals surface area contributed by atoms with Crippen LogP contribution in [-0.4, -0.2) is 10.7 Å². The lowest BCUT2D eigenvalue weighted by atomic mass is 9.95. The number of rotatable bonds is 3. The Morgan fingerprint density at radius 1 is 0.906 bits per heavy atom. The van der Waals surface area contributed by atoms with E-state index in [-0.39, 0.29) is 17.4 Å². The van der Waals surface area contributed by atoms with Crippen LogP contribution in [0.2, 0.25) is 0 Å². The Bertz CT molecular complexity index is 1150. The molecule has 1 heterocycles. The Hall–Kier alpha value is -2.62. The maximum atomic E-state index is 15.0. The highest BCUT2D eigenvalue weighted by Gasteiger charge is 2.40. The highest BCUT2D eigenvalue weighted by Crippen LogP contribution is 2.42. The molecule has 32 heavy (non-hydrogen) atoms. The van der Waals surface area contributed by atoms with Gasteiger partial charge < -0.3 is 10.3 Å². The lowest BCUT2D eigenvalue weighted by Crippen LogP contribution is -2.28. The van der Waals surface area contributed by atoms with Gasteiger partial charge in [0.05, 0.1) is 5.56 Å². The van der Waals surface area contributed by atoms with E-state index in [1.165, 1.54) is 4.57 Å². The summed E-state index contributed by atoms with van der Waals surface area (Å²) in [5, 5.41) is -0.176. The predicted molar refractivity (Wildman–Crippen MR) is 105 cm³/mol. The quantitative estimate of drug-likeness (QED) is 0.408. The first-order valence-corrected chi connectivity index (χ1v) is 9.51. The van der Waals surface area contributed by atoms with E-state index in [0.29, 0.717) is 6.07 Å². The van der Waals surface area contributed by atoms with Crippen LogP contribution in [0.3, 0.4) is 0 Å². The molecule has 1 aromatic heterocycles. The third-order valence-corrected chi connectivity index (χ3v) is 4.92. The first kappa shape index (κ1) is 24.0. The SMILES string of the molecule is CC(C)(C)Cn1cc([C@H](N)C(F)(F)F)c2cc(F)c(-c3cccc(F)c3C(F)(F)F)cc21. The minimum atomic E-state index is -5.11. The van der Waals surface area contributed by atoms with Crippen molar-refractivity contribution in [2.45, 2.75) is 45.7 Å². The smallest absolute Gasteiger partial charge is 0.347 e. The second-order valence-electron chi connectivity index (χ2n) is 8.80. The fourth-order valence-corrected chi connectivity index (χ4v) is 3.65. The van der Waals surface area contributed by atoms with E-state index in [4.69, 9.17) is 5.73 Å². The number of halogens is 8. The van der Waals surface area contributed by atoms with Crippen LogP contribution in [0.5, 0.6) is 0 Å². The summed E-state index contributed by atoms with van der Waals surface area (Å²) >= 11 is 0. The van der Waals surface area contributed by atoms with Crippen LogP contribution in [0.4, 0.5) is 35.1 Å². The lowest BCUT2D eigenvalue weighted by Gasteiger charge is -2.20. The lowest BCUT2D eigenvalue weighted by molar-refractivity contribution is -0.149. The molecule has 0 aliphatic heterocycles. The van der Waals surface area contributed by atoms with Crippen LogP contribution in [0.1, 0.15) is 37.9 Å². The van der Waals surface area contributed by atoms with E-state index < -0.39 is 57.7 Å². The monoisotopic (exact) mass is 464 g/mol. The number of hydrogen-bond acceptors (Lipinski definition) is 1. The number of nitrogens with zero attached hydrogens (tertiary/aromatic N) is 1. The van der Waals surface area contributed by atoms with Gasteiger partial charge in [-0.2, -0.15) is 26.3 Å². The molecule has 2 aromatic carbocycles. The Labute approximate surface area is 178 Å². The van der Waals surface area contributed by atoms with Crippen molar-refractivity contribution in [1.82, 2.24) is 4.57 Å². The molecule has 0 aliphatic rings. The maximum absolute atomic E-state index is 15.0. The molecule has 2 nitrogen and oxygen atoms in total. The first-order chi connectivity index (χ1) is 14.5. The van der Waals surface area contributed by atoms with Gasteiger partial charge in [-0.1, -0.05) is 32.9 Å². The van der Waals surface area contributed by atoms with E-state index >= 15 is 0 Å². The zero-order valence-corrected chi connectivity index (χ0v) is 17.3. The Kier molecular flexibility index (Phi) is 5.82. The van der Waals surface area contributed by atoms with Crippen LogP contribution >= 0.6 is 0 Å². The number of nitrogens with two attached hydrogens (primary N) is 1. The first-order valence-electron chi connectivity index (χ1n) is 9.51. The van der Waals surface area contributed by atoms with Gasteiger partial charge in [0, 0.05) is 34.8 Å². The van der Waals surface area contributed by atoms with Gasteiger partial charge in [-0.15, -0.1) is 0 Å². The summed E-state index contributed by atoms with van der Waals surface area (Å²) in [5.74, 6) is -2.81. The predicted octanol–water partition coefficient (Wildman–Crippen LogP) is 7.21. The number of fused-ring (bicyclic) bond motifs is 1. The van der Waals surface area contributed by atoms with Gasteiger partial charge >= 0.3 is 12.4 Å². The van der Waals surface area contributed by atoms with Crippen molar-refractivity contribution in [2.75, 3.05) is 0 Å². The highest BCUT2D eigenvalue weighted by atomic mass is 19.4. The molecular weight excluding hydrogens is 444 g/mol. The Balaban J connectivity index is 2.35. The Morgan fingerprint density at radius 3 is 2.06 bits per heavy atom. The van der Waals surface area contributed by atoms with Gasteiger partial charge in [0.1, 0.15) is 17.7 Å². The van der Waals surface area contributed by atoms with Crippen molar-refractivity contribution in [1.29, 1.82) is 0 Å². The van der Waals surface area contributed by atoms with Gasteiger partial charge in [-0.25, -0.2) is 8.78 Å². The largest absolute Gasteiger partial charge is 0.419 e. The Morgan fingerprint density at radius 2 is 1.53 bits per heavy atom. The van der Waals surface area contributed by atoms with Gasteiger partial charge in [-0.05, 0) is 29.2 Å². The van der Waals surface area contributed by atoms with Gasteiger partial charge in [0.25, 0.3) is 0 Å². The maximum Gasteiger partial charge on any atom is 0.419 e. The molecular formula is C22H20F8N2. The minimum absolute atomic E-state index is 0.0587. The average Bonchev–Trinajstić information content (AvgIpc) is 2.93. The molecule has 3 aromatic rings. The third-order valence-electron chi connectivity index (χ3n) is 4.92. The zero-order chi connectivity index (χ0) is 24.2. The molecule has 0 saturated carbocycles. The second kappa shape index (κ2) is 7.75. The highest BCUT2D eigenvalue weighted by molar-refractivity contribution is 5.89. The van der Waals surface area contributed by atoms with Crippen molar-refractivity contribution in [3.8, 4) is 11.1 Å². The van der Waals surface area contributed by atoms with Crippen molar-refractivity contribution >= 4 is 10.9 Å². The molecule has 10 heteroatoms. The van der Waals surface area contributed by atoms with Crippen LogP contribution < -0.4 is 5.73 Å². The topological polar surface area (TPSA) is 30.9 Å². The van der Waals surface area contributed by atoms with Crippen LogP contribution in [0, 0.1) is 17.0 Å². The molecule has 0 bridgehead atoms. The zero-order valence-electron chi connectivity index (χ0n) is 17.3. The summed E-state index contributed by atoms with van der Waals surface area (Å²) in [7, 11) is 0. The van der Waals surface area contributed by atoms with E-state index in [9.17, 15) is 35.1 Å². The molecule has 3 rings (SSSR count). The molecule has 0 saturated heterocycles. The third kappa shape index (κ3) is 4.60. The van der Waals surface area contributed by atoms with E-state index in [1.807, 2.05) is 0 Å². The fourth-order valence-electron chi connectivity index (χ4n) is 3.65. The summed E-state index contributed by atoms with van der Waals surface area (Å²) in [6.07, 6.45) is -8.80. The van der Waals surface area contributed by atoms with Crippen molar-refractivity contribution in [3.05, 3.63) is 59.3 Å². The molecule has 0 radical (unpaired) electrons. The molecule has 0 fully saturated rings. The standard InChI is InChI=1S/C22H20F8N2/c1-20(2,3)10-32-9-14(19(31)22(28,29)30)13-7-16(24)12(8-17(13)32)11-5-4-6-15(23)18(11)21(25,26)27/h4-9,19H,10,31H2,1-3H3/t19-/m0/s1. The molecule has 0 amide bonds. The second-order valence-corrected chi connectivity index (χ2v) is 8.80. The molecule has 174 valence electrons. The van der Waals surface area contributed by atoms with Gasteiger partial charge in [-0.3, -0.25) is 0 Å². The molecule has 0 aliphatic carbocycles. The van der Waals surface area contributed by atoms with Gasteiger partial charge in [0.2, 0.25) is 0 Å². The van der Waals surface area contributed by atoms with Gasteiger partial charge in [0.15, 0.2) is 0 Å². The number of alkyl halides is 6. The summed E-state index contributed by atoms with van der Waals surface area (Å²) in [5.41, 5.74) is 1.60. The average molecular weight is 464 g/mol. The molecule has 2 N–H and O–H groups in total. The van der Waals surface area contributed by atoms with E-state index in [2.05, 4.69) is 0 Å². The molecule has 1 atom stereocenters. The molecule has 0 unspecified atom stereocenters. The fraction of sp³-hybridized carbons (Fsp3) is 0.364. The van der Waals surface area contributed by atoms with Crippen molar-refractivity contribution in [3.63, 3.8) is 0 Å². The van der Waals surface area contributed by atoms with E-state index in [1.54, 1.807) is 20.8 Å². The molecule has 0 spiro atoms. The van der Waals surface area contributed by atoms with Crippen molar-refractivity contribution < 1.29 is 35.1 Å². The van der Waals surface area contributed by atoms with Crippen molar-refractivity contribution in [2.24, 2.45) is 11.1 Å². The minimum Gasteiger partial charge on any atom is -0.347 e. The van der Waals surface area contributed by atoms with Crippen LogP contribution in [0.25, 0.3) is 22.0 Å².